The van der Waals surface area contributed by atoms with Crippen LogP contribution in [0.1, 0.15) is 27.7 Å². The highest BCUT2D eigenvalue weighted by Gasteiger charge is 2.52. The maximum absolute atomic E-state index is 11.7. The van der Waals surface area contributed by atoms with Crippen molar-refractivity contribution >= 4 is 33.3 Å². The second-order valence-electron chi connectivity index (χ2n) is 5.45. The highest BCUT2D eigenvalue weighted by Crippen LogP contribution is 2.37. The number of hydrogen-bond acceptors (Lipinski definition) is 5. The number of thiophene rings is 1. The van der Waals surface area contributed by atoms with Gasteiger partial charge in [-0.05, 0) is 40.8 Å². The van der Waals surface area contributed by atoms with Gasteiger partial charge in [0.25, 0.3) is 0 Å². The molecule has 0 aromatic carbocycles. The molecule has 0 saturated carbocycles. The van der Waals surface area contributed by atoms with Gasteiger partial charge in [-0.3, -0.25) is 0 Å². The molecule has 0 aliphatic carbocycles. The molecule has 0 atom stereocenters. The Kier molecular flexibility index (Phi) is 3.60. The van der Waals surface area contributed by atoms with Gasteiger partial charge in [0.15, 0.2) is 0 Å². The molecule has 1 N–H and O–H groups in total. The van der Waals surface area contributed by atoms with E-state index in [0.29, 0.717) is 0 Å². The molecule has 2 heterocycles. The van der Waals surface area contributed by atoms with E-state index in [1.165, 1.54) is 7.05 Å². The first-order chi connectivity index (χ1) is 8.59. The Morgan fingerprint density at radius 3 is 2.16 bits per heavy atom. The molecule has 1 aromatic rings. The third-order valence-electron chi connectivity index (χ3n) is 3.62. The van der Waals surface area contributed by atoms with Gasteiger partial charge in [0.1, 0.15) is 4.21 Å². The lowest BCUT2D eigenvalue weighted by molar-refractivity contribution is 0.00578. The molecule has 0 spiro atoms. The van der Waals surface area contributed by atoms with Gasteiger partial charge in [-0.2, -0.15) is 0 Å². The summed E-state index contributed by atoms with van der Waals surface area (Å²) in [7, 11) is -2.53. The van der Waals surface area contributed by atoms with Gasteiger partial charge in [-0.15, -0.1) is 11.3 Å². The summed E-state index contributed by atoms with van der Waals surface area (Å²) in [5.41, 5.74) is -0.854. The number of hydrogen-bond donors (Lipinski definition) is 1. The zero-order chi connectivity index (χ0) is 14.5. The Bertz CT molecular complexity index is 563. The Labute approximate surface area is 118 Å². The van der Waals surface area contributed by atoms with Crippen LogP contribution in [0.4, 0.5) is 0 Å². The second kappa shape index (κ2) is 4.56. The Balaban J connectivity index is 2.27. The van der Waals surface area contributed by atoms with Crippen LogP contribution < -0.4 is 9.50 Å². The van der Waals surface area contributed by atoms with E-state index in [1.807, 2.05) is 27.7 Å². The van der Waals surface area contributed by atoms with Gasteiger partial charge in [0.05, 0.1) is 11.2 Å². The van der Waals surface area contributed by atoms with Crippen LogP contribution in [0.5, 0.6) is 0 Å². The van der Waals surface area contributed by atoms with E-state index in [4.69, 9.17) is 9.31 Å². The van der Waals surface area contributed by atoms with E-state index >= 15 is 0 Å². The summed E-state index contributed by atoms with van der Waals surface area (Å²) >= 11 is 1.16. The van der Waals surface area contributed by atoms with Crippen molar-refractivity contribution in [3.05, 3.63) is 12.1 Å². The Hall–Kier alpha value is -0.405. The standard InChI is InChI=1S/C11H18BNO4S2/c1-10(2)11(3,4)17-12(16-10)8-6-7-9(18-8)19(14,15)13-5/h6-7,13H,1-5H3. The fraction of sp³-hybridized carbons (Fsp3) is 0.636. The summed E-state index contributed by atoms with van der Waals surface area (Å²) in [5, 5.41) is 0. The predicted octanol–water partition coefficient (Wildman–Crippen LogP) is 0.955. The second-order valence-corrected chi connectivity index (χ2v) is 8.68. The first kappa shape index (κ1) is 15.0. The molecule has 0 bridgehead atoms. The van der Waals surface area contributed by atoms with Gasteiger partial charge >= 0.3 is 7.12 Å². The van der Waals surface area contributed by atoms with Gasteiger partial charge in [-0.1, -0.05) is 6.07 Å². The molecule has 1 aliphatic rings. The molecule has 0 radical (unpaired) electrons. The van der Waals surface area contributed by atoms with Gasteiger partial charge < -0.3 is 9.31 Å². The molecule has 1 fully saturated rings. The van der Waals surface area contributed by atoms with E-state index in [2.05, 4.69) is 4.72 Å². The minimum absolute atomic E-state index is 0.264. The van der Waals surface area contributed by atoms with E-state index in [0.717, 1.165) is 16.1 Å². The van der Waals surface area contributed by atoms with E-state index in [1.54, 1.807) is 12.1 Å². The molecule has 1 aromatic heterocycles. The number of sulfonamides is 1. The van der Waals surface area contributed by atoms with E-state index < -0.39 is 28.3 Å². The molecule has 19 heavy (non-hydrogen) atoms. The third kappa shape index (κ3) is 2.60. The zero-order valence-electron chi connectivity index (χ0n) is 11.7. The van der Waals surface area contributed by atoms with Crippen molar-refractivity contribution in [1.29, 1.82) is 0 Å². The first-order valence-electron chi connectivity index (χ1n) is 5.98. The molecule has 0 unspecified atom stereocenters. The lowest BCUT2D eigenvalue weighted by atomic mass is 9.88. The maximum Gasteiger partial charge on any atom is 0.505 e. The molecule has 1 saturated heterocycles. The molecule has 5 nitrogen and oxygen atoms in total. The van der Waals surface area contributed by atoms with Crippen molar-refractivity contribution in [2.45, 2.75) is 43.1 Å². The van der Waals surface area contributed by atoms with Crippen molar-refractivity contribution in [1.82, 2.24) is 4.72 Å². The van der Waals surface area contributed by atoms with Gasteiger partial charge in [0, 0.05) is 4.78 Å². The van der Waals surface area contributed by atoms with Crippen molar-refractivity contribution in [2.75, 3.05) is 7.05 Å². The van der Waals surface area contributed by atoms with Crippen LogP contribution >= 0.6 is 11.3 Å². The Morgan fingerprint density at radius 2 is 1.68 bits per heavy atom. The lowest BCUT2D eigenvalue weighted by Crippen LogP contribution is -2.41. The monoisotopic (exact) mass is 303 g/mol. The molecule has 2 rings (SSSR count). The SMILES string of the molecule is CNS(=O)(=O)c1ccc(B2OC(C)(C)C(C)(C)O2)s1. The van der Waals surface area contributed by atoms with Crippen LogP contribution in [-0.4, -0.2) is 33.8 Å². The van der Waals surface area contributed by atoms with Crippen LogP contribution in [0.3, 0.4) is 0 Å². The lowest BCUT2D eigenvalue weighted by Gasteiger charge is -2.32. The van der Waals surface area contributed by atoms with Crippen molar-refractivity contribution in [3.63, 3.8) is 0 Å². The summed E-state index contributed by atoms with van der Waals surface area (Å²) in [6, 6.07) is 3.30. The zero-order valence-corrected chi connectivity index (χ0v) is 13.3. The topological polar surface area (TPSA) is 64.6 Å². The van der Waals surface area contributed by atoms with Crippen molar-refractivity contribution < 1.29 is 17.7 Å². The summed E-state index contributed by atoms with van der Waals surface area (Å²) in [5.74, 6) is 0. The minimum atomic E-state index is -3.41. The van der Waals surface area contributed by atoms with Crippen LogP contribution in [-0.2, 0) is 19.3 Å². The molecule has 106 valence electrons. The third-order valence-corrected chi connectivity index (χ3v) is 6.63. The smallest absolute Gasteiger partial charge is 0.399 e. The van der Waals surface area contributed by atoms with Crippen LogP contribution in [0.25, 0.3) is 0 Å². The minimum Gasteiger partial charge on any atom is -0.399 e. The largest absolute Gasteiger partial charge is 0.505 e. The van der Waals surface area contributed by atoms with Gasteiger partial charge in [-0.25, -0.2) is 13.1 Å². The van der Waals surface area contributed by atoms with E-state index in [-0.39, 0.29) is 4.21 Å². The van der Waals surface area contributed by atoms with Gasteiger partial charge in [0.2, 0.25) is 10.0 Å². The van der Waals surface area contributed by atoms with Crippen LogP contribution in [0.15, 0.2) is 16.3 Å². The van der Waals surface area contributed by atoms with E-state index in [9.17, 15) is 8.42 Å². The van der Waals surface area contributed by atoms with Crippen LogP contribution in [0.2, 0.25) is 0 Å². The molecular formula is C11H18BNO4S2. The number of nitrogens with one attached hydrogen (secondary N) is 1. The summed E-state index contributed by atoms with van der Waals surface area (Å²) in [6.07, 6.45) is 0. The van der Waals surface area contributed by atoms with Crippen LogP contribution in [0, 0.1) is 0 Å². The molecular weight excluding hydrogens is 285 g/mol. The summed E-state index contributed by atoms with van der Waals surface area (Å²) in [6.45, 7) is 7.86. The van der Waals surface area contributed by atoms with Crippen molar-refractivity contribution in [2.24, 2.45) is 0 Å². The maximum atomic E-state index is 11.7. The average Bonchev–Trinajstić information content (AvgIpc) is 2.83. The van der Waals surface area contributed by atoms with Crippen molar-refractivity contribution in [3.8, 4) is 0 Å². The first-order valence-corrected chi connectivity index (χ1v) is 8.28. The quantitative estimate of drug-likeness (QED) is 0.845. The molecule has 8 heteroatoms. The number of rotatable bonds is 3. The highest BCUT2D eigenvalue weighted by molar-refractivity contribution is 7.91. The Morgan fingerprint density at radius 1 is 1.16 bits per heavy atom. The highest BCUT2D eigenvalue weighted by atomic mass is 32.2. The molecule has 0 amide bonds. The fourth-order valence-electron chi connectivity index (χ4n) is 1.67. The summed E-state index contributed by atoms with van der Waals surface area (Å²) < 4.78 is 38.5. The predicted molar refractivity (Wildman–Crippen MR) is 76.3 cm³/mol. The summed E-state index contributed by atoms with van der Waals surface area (Å²) in [4.78, 5) is 0. The average molecular weight is 303 g/mol. The fourth-order valence-corrected chi connectivity index (χ4v) is 3.79. The normalized spacial score (nSPS) is 21.8. The molecule has 1 aliphatic heterocycles.